The summed E-state index contributed by atoms with van der Waals surface area (Å²) in [6, 6.07) is 0. The smallest absolute Gasteiger partial charge is 0.401 e. The summed E-state index contributed by atoms with van der Waals surface area (Å²) in [4.78, 5) is 13.0. The maximum absolute atomic E-state index is 12.2. The van der Waals surface area contributed by atoms with Crippen LogP contribution in [0.25, 0.3) is 0 Å². The molecule has 0 unspecified atom stereocenters. The highest BCUT2D eigenvalue weighted by Crippen LogP contribution is 2.41. The molecule has 10 heteroatoms. The standard InChI is InChI=1S/C11H15F6NO3/c12-10(13,14)8(11(15,16)17)7-9(19)21-6-3-18-1-4-20-5-2-18/h8H,1-7H2. The number of carbonyl (C=O) groups is 1. The van der Waals surface area contributed by atoms with Gasteiger partial charge in [-0.2, -0.15) is 26.3 Å². The predicted molar refractivity (Wildman–Crippen MR) is 58.4 cm³/mol. The minimum atomic E-state index is -5.53. The first-order valence-electron chi connectivity index (χ1n) is 6.20. The molecule has 21 heavy (non-hydrogen) atoms. The summed E-state index contributed by atoms with van der Waals surface area (Å²) in [5.41, 5.74) is 0. The first kappa shape index (κ1) is 18.0. The molecule has 1 saturated heterocycles. The number of nitrogens with zero attached hydrogens (tertiary/aromatic N) is 1. The summed E-state index contributed by atoms with van der Waals surface area (Å²) < 4.78 is 82.9. The fourth-order valence-electron chi connectivity index (χ4n) is 1.76. The Kier molecular flexibility index (Phi) is 6.26. The van der Waals surface area contributed by atoms with E-state index in [9.17, 15) is 31.1 Å². The molecule has 4 nitrogen and oxygen atoms in total. The highest BCUT2D eigenvalue weighted by molar-refractivity contribution is 5.69. The molecular formula is C11H15F6NO3. The second kappa shape index (κ2) is 7.30. The number of morpholine rings is 1. The molecule has 1 heterocycles. The van der Waals surface area contributed by atoms with Gasteiger partial charge < -0.3 is 9.47 Å². The van der Waals surface area contributed by atoms with Crippen molar-refractivity contribution in [2.75, 3.05) is 39.5 Å². The van der Waals surface area contributed by atoms with Crippen molar-refractivity contribution in [3.63, 3.8) is 0 Å². The molecule has 0 aromatic carbocycles. The van der Waals surface area contributed by atoms with Gasteiger partial charge in [0.25, 0.3) is 0 Å². The third-order valence-electron chi connectivity index (χ3n) is 2.94. The van der Waals surface area contributed by atoms with Crippen LogP contribution >= 0.6 is 0 Å². The fraction of sp³-hybridized carbons (Fsp3) is 0.909. The highest BCUT2D eigenvalue weighted by atomic mass is 19.4. The van der Waals surface area contributed by atoms with Crippen LogP contribution in [0.1, 0.15) is 6.42 Å². The summed E-state index contributed by atoms with van der Waals surface area (Å²) in [5.74, 6) is -5.20. The van der Waals surface area contributed by atoms with Crippen LogP contribution in [-0.4, -0.2) is 62.7 Å². The van der Waals surface area contributed by atoms with Crippen molar-refractivity contribution in [1.82, 2.24) is 4.90 Å². The van der Waals surface area contributed by atoms with Crippen LogP contribution in [0, 0.1) is 5.92 Å². The largest absolute Gasteiger partial charge is 0.464 e. The van der Waals surface area contributed by atoms with E-state index in [-0.39, 0.29) is 13.2 Å². The Bertz CT molecular complexity index is 324. The maximum atomic E-state index is 12.2. The molecule has 1 fully saturated rings. The van der Waals surface area contributed by atoms with Crippen molar-refractivity contribution < 1.29 is 40.6 Å². The molecule has 0 aromatic rings. The lowest BCUT2D eigenvalue weighted by atomic mass is 10.1. The van der Waals surface area contributed by atoms with E-state index in [1.165, 1.54) is 0 Å². The Morgan fingerprint density at radius 2 is 1.62 bits per heavy atom. The van der Waals surface area contributed by atoms with E-state index in [0.717, 1.165) is 0 Å². The lowest BCUT2D eigenvalue weighted by molar-refractivity contribution is -0.285. The van der Waals surface area contributed by atoms with Gasteiger partial charge in [0, 0.05) is 19.6 Å². The summed E-state index contributed by atoms with van der Waals surface area (Å²) >= 11 is 0. The molecule has 1 aliphatic heterocycles. The number of rotatable bonds is 5. The first-order chi connectivity index (χ1) is 9.60. The molecular weight excluding hydrogens is 308 g/mol. The zero-order valence-electron chi connectivity index (χ0n) is 11.0. The van der Waals surface area contributed by atoms with Crippen LogP contribution in [0.5, 0.6) is 0 Å². The molecule has 0 N–H and O–H groups in total. The SMILES string of the molecule is O=C(CC(C(F)(F)F)C(F)(F)F)OCCN1CCOCC1. The topological polar surface area (TPSA) is 38.8 Å². The molecule has 0 aliphatic carbocycles. The zero-order chi connectivity index (χ0) is 16.1. The number of esters is 1. The molecule has 0 aromatic heterocycles. The number of carbonyl (C=O) groups excluding carboxylic acids is 1. The van der Waals surface area contributed by atoms with Crippen LogP contribution in [0.2, 0.25) is 0 Å². The van der Waals surface area contributed by atoms with Crippen molar-refractivity contribution in [2.45, 2.75) is 18.8 Å². The normalized spacial score (nSPS) is 18.0. The Morgan fingerprint density at radius 1 is 1.10 bits per heavy atom. The predicted octanol–water partition coefficient (Wildman–Crippen LogP) is 1.99. The lowest BCUT2D eigenvalue weighted by Crippen LogP contribution is -2.40. The Balaban J connectivity index is 2.37. The minimum absolute atomic E-state index is 0.248. The van der Waals surface area contributed by atoms with Crippen LogP contribution in [0.3, 0.4) is 0 Å². The summed E-state index contributed by atoms with van der Waals surface area (Å²) in [5, 5.41) is 0. The molecule has 0 spiro atoms. The first-order valence-corrected chi connectivity index (χ1v) is 6.20. The maximum Gasteiger partial charge on any atom is 0.401 e. The second-order valence-electron chi connectivity index (χ2n) is 4.51. The van der Waals surface area contributed by atoms with Gasteiger partial charge in [-0.25, -0.2) is 0 Å². The molecule has 0 radical (unpaired) electrons. The Morgan fingerprint density at radius 3 is 2.10 bits per heavy atom. The van der Waals surface area contributed by atoms with Gasteiger partial charge in [0.1, 0.15) is 6.61 Å². The van der Waals surface area contributed by atoms with E-state index in [1.807, 2.05) is 4.90 Å². The van der Waals surface area contributed by atoms with E-state index in [2.05, 4.69) is 4.74 Å². The zero-order valence-corrected chi connectivity index (χ0v) is 11.0. The summed E-state index contributed by atoms with van der Waals surface area (Å²) in [6.45, 7) is 2.12. The average Bonchev–Trinajstić information content (AvgIpc) is 2.34. The van der Waals surface area contributed by atoms with Crippen molar-refractivity contribution in [3.8, 4) is 0 Å². The molecule has 0 bridgehead atoms. The van der Waals surface area contributed by atoms with Gasteiger partial charge in [-0.3, -0.25) is 9.69 Å². The van der Waals surface area contributed by atoms with E-state index < -0.39 is 30.7 Å². The number of alkyl halides is 6. The monoisotopic (exact) mass is 323 g/mol. The van der Waals surface area contributed by atoms with Gasteiger partial charge >= 0.3 is 18.3 Å². The van der Waals surface area contributed by atoms with Gasteiger partial charge in [0.05, 0.1) is 19.6 Å². The number of ether oxygens (including phenoxy) is 2. The van der Waals surface area contributed by atoms with Crippen molar-refractivity contribution in [1.29, 1.82) is 0 Å². The summed E-state index contributed by atoms with van der Waals surface area (Å²) in [7, 11) is 0. The van der Waals surface area contributed by atoms with Crippen LogP contribution < -0.4 is 0 Å². The van der Waals surface area contributed by atoms with Crippen molar-refractivity contribution >= 4 is 5.97 Å². The van der Waals surface area contributed by atoms with E-state index in [1.54, 1.807) is 0 Å². The van der Waals surface area contributed by atoms with Crippen LogP contribution in [0.15, 0.2) is 0 Å². The average molecular weight is 323 g/mol. The van der Waals surface area contributed by atoms with E-state index in [4.69, 9.17) is 4.74 Å². The number of hydrogen-bond acceptors (Lipinski definition) is 4. The number of hydrogen-bond donors (Lipinski definition) is 0. The third-order valence-corrected chi connectivity index (χ3v) is 2.94. The fourth-order valence-corrected chi connectivity index (χ4v) is 1.76. The summed E-state index contributed by atoms with van der Waals surface area (Å²) in [6.07, 6.45) is -12.8. The molecule has 0 amide bonds. The van der Waals surface area contributed by atoms with Crippen LogP contribution in [-0.2, 0) is 14.3 Å². The van der Waals surface area contributed by atoms with Gasteiger partial charge in [-0.05, 0) is 0 Å². The van der Waals surface area contributed by atoms with Gasteiger partial charge in [0.2, 0.25) is 0 Å². The van der Waals surface area contributed by atoms with E-state index >= 15 is 0 Å². The quantitative estimate of drug-likeness (QED) is 0.573. The second-order valence-corrected chi connectivity index (χ2v) is 4.51. The van der Waals surface area contributed by atoms with Crippen molar-refractivity contribution in [3.05, 3.63) is 0 Å². The van der Waals surface area contributed by atoms with Gasteiger partial charge in [-0.15, -0.1) is 0 Å². The van der Waals surface area contributed by atoms with Crippen LogP contribution in [0.4, 0.5) is 26.3 Å². The molecule has 124 valence electrons. The third kappa shape index (κ3) is 6.51. The lowest BCUT2D eigenvalue weighted by Gasteiger charge is -2.26. The molecule has 1 rings (SSSR count). The molecule has 1 aliphatic rings. The van der Waals surface area contributed by atoms with Gasteiger partial charge in [-0.1, -0.05) is 0 Å². The number of halogens is 6. The highest BCUT2D eigenvalue weighted by Gasteiger charge is 2.57. The molecule has 0 atom stereocenters. The Hall–Kier alpha value is -1.03. The Labute approximate surface area is 117 Å². The van der Waals surface area contributed by atoms with Gasteiger partial charge in [0.15, 0.2) is 5.92 Å². The van der Waals surface area contributed by atoms with E-state index in [0.29, 0.717) is 26.3 Å². The minimum Gasteiger partial charge on any atom is -0.464 e. The molecule has 0 saturated carbocycles. The van der Waals surface area contributed by atoms with Crippen molar-refractivity contribution in [2.24, 2.45) is 5.92 Å².